The standard InChI is InChI=1S/C9H8O2S/c10-9(11)8-5-6-3-1-2-4-7(6)12-8/h1-2,4-5,8H,3H2,(H,10,11). The van der Waals surface area contributed by atoms with Crippen molar-refractivity contribution in [2.24, 2.45) is 0 Å². The molecule has 1 heterocycles. The van der Waals surface area contributed by atoms with E-state index in [1.54, 1.807) is 0 Å². The molecule has 0 aromatic rings. The molecule has 62 valence electrons. The van der Waals surface area contributed by atoms with Crippen molar-refractivity contribution in [2.75, 3.05) is 0 Å². The number of carbonyl (C=O) groups is 1. The summed E-state index contributed by atoms with van der Waals surface area (Å²) in [5, 5.41) is 8.38. The summed E-state index contributed by atoms with van der Waals surface area (Å²) in [5.41, 5.74) is 1.16. The number of aliphatic carboxylic acids is 1. The van der Waals surface area contributed by atoms with Gasteiger partial charge in [-0.15, -0.1) is 11.8 Å². The maximum Gasteiger partial charge on any atom is 0.320 e. The Morgan fingerprint density at radius 1 is 1.67 bits per heavy atom. The van der Waals surface area contributed by atoms with Crippen LogP contribution in [0.25, 0.3) is 0 Å². The molecule has 2 rings (SSSR count). The number of fused-ring (bicyclic) bond motifs is 1. The molecule has 0 aromatic carbocycles. The van der Waals surface area contributed by atoms with Crippen LogP contribution in [-0.2, 0) is 4.79 Å². The van der Waals surface area contributed by atoms with Gasteiger partial charge in [0.25, 0.3) is 0 Å². The second-order valence-electron chi connectivity index (χ2n) is 2.73. The van der Waals surface area contributed by atoms with E-state index in [1.165, 1.54) is 11.8 Å². The van der Waals surface area contributed by atoms with E-state index in [0.717, 1.165) is 16.9 Å². The summed E-state index contributed by atoms with van der Waals surface area (Å²) in [6.45, 7) is 0. The maximum atomic E-state index is 10.6. The summed E-state index contributed by atoms with van der Waals surface area (Å²) >= 11 is 1.42. The fourth-order valence-electron chi connectivity index (χ4n) is 1.30. The summed E-state index contributed by atoms with van der Waals surface area (Å²) in [7, 11) is 0. The fourth-order valence-corrected chi connectivity index (χ4v) is 2.37. The lowest BCUT2D eigenvalue weighted by molar-refractivity contribution is -0.135. The Morgan fingerprint density at radius 2 is 2.50 bits per heavy atom. The monoisotopic (exact) mass is 180 g/mol. The van der Waals surface area contributed by atoms with Crippen LogP contribution in [0.2, 0.25) is 0 Å². The summed E-state index contributed by atoms with van der Waals surface area (Å²) < 4.78 is 0. The zero-order valence-corrected chi connectivity index (χ0v) is 7.17. The van der Waals surface area contributed by atoms with E-state index >= 15 is 0 Å². The van der Waals surface area contributed by atoms with Crippen molar-refractivity contribution in [1.29, 1.82) is 0 Å². The van der Waals surface area contributed by atoms with Crippen LogP contribution < -0.4 is 0 Å². The van der Waals surface area contributed by atoms with E-state index in [9.17, 15) is 4.79 Å². The number of thioether (sulfide) groups is 1. The molecule has 2 nitrogen and oxygen atoms in total. The number of rotatable bonds is 1. The second kappa shape index (κ2) is 2.83. The van der Waals surface area contributed by atoms with Gasteiger partial charge in [-0.2, -0.15) is 0 Å². The Bertz CT molecular complexity index is 312. The molecule has 0 aromatic heterocycles. The first-order valence-electron chi connectivity index (χ1n) is 3.75. The molecular weight excluding hydrogens is 172 g/mol. The third-order valence-corrected chi connectivity index (χ3v) is 3.13. The first-order valence-corrected chi connectivity index (χ1v) is 4.63. The van der Waals surface area contributed by atoms with Gasteiger partial charge in [0.05, 0.1) is 0 Å². The summed E-state index contributed by atoms with van der Waals surface area (Å²) in [6, 6.07) is 0. The van der Waals surface area contributed by atoms with Crippen LogP contribution in [0.1, 0.15) is 6.42 Å². The molecule has 0 saturated heterocycles. The number of hydrogen-bond acceptors (Lipinski definition) is 2. The summed E-state index contributed by atoms with van der Waals surface area (Å²) in [6.07, 6.45) is 8.71. The van der Waals surface area contributed by atoms with E-state index in [4.69, 9.17) is 5.11 Å². The maximum absolute atomic E-state index is 10.6. The Balaban J connectivity index is 2.25. The van der Waals surface area contributed by atoms with E-state index < -0.39 is 5.97 Å². The van der Waals surface area contributed by atoms with Crippen LogP contribution in [0.4, 0.5) is 0 Å². The molecule has 1 atom stereocenters. The van der Waals surface area contributed by atoms with E-state index in [-0.39, 0.29) is 5.25 Å². The van der Waals surface area contributed by atoms with Gasteiger partial charge in [0, 0.05) is 4.91 Å². The van der Waals surface area contributed by atoms with Gasteiger partial charge in [0.1, 0.15) is 5.25 Å². The highest BCUT2D eigenvalue weighted by Crippen LogP contribution is 2.40. The number of carboxylic acids is 1. The molecule has 1 N–H and O–H groups in total. The van der Waals surface area contributed by atoms with Crippen molar-refractivity contribution >= 4 is 17.7 Å². The lowest BCUT2D eigenvalue weighted by atomic mass is 10.1. The largest absolute Gasteiger partial charge is 0.480 e. The van der Waals surface area contributed by atoms with Gasteiger partial charge < -0.3 is 5.11 Å². The summed E-state index contributed by atoms with van der Waals surface area (Å²) in [4.78, 5) is 11.7. The predicted octanol–water partition coefficient (Wildman–Crippen LogP) is 1.96. The Morgan fingerprint density at radius 3 is 3.17 bits per heavy atom. The van der Waals surface area contributed by atoms with Gasteiger partial charge in [0.15, 0.2) is 0 Å². The third-order valence-electron chi connectivity index (χ3n) is 1.89. The van der Waals surface area contributed by atoms with Crippen LogP contribution in [0.3, 0.4) is 0 Å². The highest BCUT2D eigenvalue weighted by atomic mass is 32.2. The second-order valence-corrected chi connectivity index (χ2v) is 3.92. The Kier molecular flexibility index (Phi) is 1.81. The number of allylic oxidation sites excluding steroid dienone is 4. The highest BCUT2D eigenvalue weighted by molar-refractivity contribution is 8.05. The van der Waals surface area contributed by atoms with Crippen LogP contribution in [0, 0.1) is 0 Å². The van der Waals surface area contributed by atoms with Crippen molar-refractivity contribution in [3.8, 4) is 0 Å². The Labute approximate surface area is 74.7 Å². The first-order chi connectivity index (χ1) is 5.77. The van der Waals surface area contributed by atoms with Crippen molar-refractivity contribution in [1.82, 2.24) is 0 Å². The van der Waals surface area contributed by atoms with Crippen LogP contribution in [0.5, 0.6) is 0 Å². The van der Waals surface area contributed by atoms with Crippen LogP contribution in [0.15, 0.2) is 34.8 Å². The van der Waals surface area contributed by atoms with Gasteiger partial charge in [-0.05, 0) is 18.1 Å². The number of hydrogen-bond donors (Lipinski definition) is 1. The fraction of sp³-hybridized carbons (Fsp3) is 0.222. The molecule has 0 radical (unpaired) electrons. The Hall–Kier alpha value is -0.960. The normalized spacial score (nSPS) is 26.2. The zero-order chi connectivity index (χ0) is 8.55. The molecule has 2 aliphatic rings. The molecule has 0 amide bonds. The van der Waals surface area contributed by atoms with Crippen molar-refractivity contribution in [3.63, 3.8) is 0 Å². The average molecular weight is 180 g/mol. The molecule has 0 bridgehead atoms. The van der Waals surface area contributed by atoms with E-state index in [0.29, 0.717) is 0 Å². The molecule has 0 spiro atoms. The minimum Gasteiger partial charge on any atom is -0.480 e. The SMILES string of the molecule is O=C(O)C1C=C2CC=CC=C2S1. The van der Waals surface area contributed by atoms with Crippen LogP contribution >= 0.6 is 11.8 Å². The molecule has 0 fully saturated rings. The van der Waals surface area contributed by atoms with E-state index in [1.807, 2.05) is 24.3 Å². The molecule has 1 unspecified atom stereocenters. The quantitative estimate of drug-likeness (QED) is 0.670. The van der Waals surface area contributed by atoms with Gasteiger partial charge in [-0.3, -0.25) is 4.79 Å². The topological polar surface area (TPSA) is 37.3 Å². The van der Waals surface area contributed by atoms with Gasteiger partial charge >= 0.3 is 5.97 Å². The van der Waals surface area contributed by atoms with Crippen molar-refractivity contribution in [3.05, 3.63) is 34.8 Å². The van der Waals surface area contributed by atoms with Crippen molar-refractivity contribution < 1.29 is 9.90 Å². The minimum absolute atomic E-state index is 0.369. The molecular formula is C9H8O2S. The van der Waals surface area contributed by atoms with E-state index in [2.05, 4.69) is 0 Å². The highest BCUT2D eigenvalue weighted by Gasteiger charge is 2.26. The molecule has 0 saturated carbocycles. The van der Waals surface area contributed by atoms with Gasteiger partial charge in [-0.1, -0.05) is 18.2 Å². The zero-order valence-electron chi connectivity index (χ0n) is 6.36. The van der Waals surface area contributed by atoms with Gasteiger partial charge in [-0.25, -0.2) is 0 Å². The smallest absolute Gasteiger partial charge is 0.320 e. The predicted molar refractivity (Wildman–Crippen MR) is 48.9 cm³/mol. The summed E-state index contributed by atoms with van der Waals surface area (Å²) in [5.74, 6) is -0.747. The average Bonchev–Trinajstić information content (AvgIpc) is 2.46. The van der Waals surface area contributed by atoms with Gasteiger partial charge in [0.2, 0.25) is 0 Å². The lowest BCUT2D eigenvalue weighted by Gasteiger charge is -2.04. The first kappa shape index (κ1) is 7.68. The third kappa shape index (κ3) is 1.20. The van der Waals surface area contributed by atoms with Crippen molar-refractivity contribution in [2.45, 2.75) is 11.7 Å². The molecule has 1 aliphatic heterocycles. The minimum atomic E-state index is -0.747. The number of carboxylic acid groups (broad SMARTS) is 1. The lowest BCUT2D eigenvalue weighted by Crippen LogP contribution is -2.10. The van der Waals surface area contributed by atoms with Crippen LogP contribution in [-0.4, -0.2) is 16.3 Å². The molecule has 3 heteroatoms. The molecule has 12 heavy (non-hydrogen) atoms. The molecule has 1 aliphatic carbocycles.